The molecule has 1 saturated heterocycles. The van der Waals surface area contributed by atoms with E-state index in [9.17, 15) is 4.79 Å². The predicted octanol–water partition coefficient (Wildman–Crippen LogP) is 5.53. The van der Waals surface area contributed by atoms with E-state index >= 15 is 0 Å². The number of hydrogen-bond acceptors (Lipinski definition) is 5. The highest BCUT2D eigenvalue weighted by molar-refractivity contribution is 9.10. The molecule has 0 radical (unpaired) electrons. The van der Waals surface area contributed by atoms with Gasteiger partial charge in [0.15, 0.2) is 16.7 Å². The van der Waals surface area contributed by atoms with Crippen LogP contribution in [0, 0.1) is 13.8 Å². The highest BCUT2D eigenvalue weighted by Crippen LogP contribution is 2.38. The molecule has 1 N–H and O–H groups in total. The lowest BCUT2D eigenvalue weighted by molar-refractivity contribution is -0.115. The van der Waals surface area contributed by atoms with Gasteiger partial charge in [0.25, 0.3) is 5.91 Å². The summed E-state index contributed by atoms with van der Waals surface area (Å²) in [5.74, 6) is 0.983. The number of methoxy groups -OCH3 is 1. The van der Waals surface area contributed by atoms with Crippen molar-refractivity contribution in [1.29, 1.82) is 0 Å². The Hall–Kier alpha value is -2.51. The molecule has 1 aliphatic rings. The molecule has 0 unspecified atom stereocenters. The van der Waals surface area contributed by atoms with Gasteiger partial charge in [0.2, 0.25) is 0 Å². The maximum absolute atomic E-state index is 12.4. The van der Waals surface area contributed by atoms with Crippen molar-refractivity contribution in [3.05, 3.63) is 69.1 Å². The molecule has 150 valence electrons. The second-order valence-corrected chi connectivity index (χ2v) is 8.29. The van der Waals surface area contributed by atoms with Crippen molar-refractivity contribution in [1.82, 2.24) is 5.32 Å². The van der Waals surface area contributed by atoms with E-state index in [1.807, 2.05) is 38.1 Å². The monoisotopic (exact) mass is 472 g/mol. The van der Waals surface area contributed by atoms with Crippen molar-refractivity contribution < 1.29 is 14.3 Å². The molecule has 0 bridgehead atoms. The van der Waals surface area contributed by atoms with Crippen molar-refractivity contribution in [3.8, 4) is 11.5 Å². The molecule has 29 heavy (non-hydrogen) atoms. The molecule has 0 aromatic heterocycles. The molecule has 1 amide bonds. The predicted molar refractivity (Wildman–Crippen MR) is 123 cm³/mol. The summed E-state index contributed by atoms with van der Waals surface area (Å²) in [4.78, 5) is 17.5. The number of thioether (sulfide) groups is 1. The van der Waals surface area contributed by atoms with Gasteiger partial charge in [-0.05, 0) is 76.9 Å². The van der Waals surface area contributed by atoms with Gasteiger partial charge in [-0.1, -0.05) is 30.4 Å². The summed E-state index contributed by atoms with van der Waals surface area (Å²) in [6.07, 6.45) is 3.47. The fourth-order valence-corrected chi connectivity index (χ4v) is 4.19. The molecular weight excluding hydrogens is 452 g/mol. The first kappa shape index (κ1) is 21.2. The number of carbonyl (C=O) groups is 1. The molecule has 1 fully saturated rings. The van der Waals surface area contributed by atoms with Crippen molar-refractivity contribution in [2.24, 2.45) is 4.99 Å². The Morgan fingerprint density at radius 2 is 2.07 bits per heavy atom. The molecule has 0 aliphatic carbocycles. The van der Waals surface area contributed by atoms with Crippen LogP contribution < -0.4 is 14.8 Å². The summed E-state index contributed by atoms with van der Waals surface area (Å²) in [5, 5.41) is 3.38. The zero-order chi connectivity index (χ0) is 21.0. The molecule has 2 aromatic carbocycles. The fraction of sp³-hybridized carbons (Fsp3) is 0.182. The van der Waals surface area contributed by atoms with Gasteiger partial charge in [-0.25, -0.2) is 4.99 Å². The zero-order valence-electron chi connectivity index (χ0n) is 16.4. The minimum absolute atomic E-state index is 0.180. The number of nitrogens with one attached hydrogen (secondary N) is 1. The third-order valence-corrected chi connectivity index (χ3v) is 5.62. The maximum Gasteiger partial charge on any atom is 0.264 e. The van der Waals surface area contributed by atoms with E-state index in [0.717, 1.165) is 21.3 Å². The Balaban J connectivity index is 1.87. The molecule has 0 saturated carbocycles. The number of ether oxygens (including phenoxy) is 2. The number of amidine groups is 1. The van der Waals surface area contributed by atoms with Crippen LogP contribution in [0.3, 0.4) is 0 Å². The van der Waals surface area contributed by atoms with E-state index in [-0.39, 0.29) is 5.91 Å². The highest BCUT2D eigenvalue weighted by Gasteiger charge is 2.24. The number of hydrogen-bond donors (Lipinski definition) is 1. The smallest absolute Gasteiger partial charge is 0.264 e. The van der Waals surface area contributed by atoms with Gasteiger partial charge in [-0.2, -0.15) is 0 Å². The van der Waals surface area contributed by atoms with Crippen LogP contribution in [0.2, 0.25) is 0 Å². The van der Waals surface area contributed by atoms with Crippen LogP contribution in [0.25, 0.3) is 6.08 Å². The molecule has 1 heterocycles. The number of aryl methyl sites for hydroxylation is 2. The van der Waals surface area contributed by atoms with E-state index in [1.165, 1.54) is 17.3 Å². The van der Waals surface area contributed by atoms with Crippen molar-refractivity contribution >= 4 is 50.5 Å². The number of halogens is 1. The van der Waals surface area contributed by atoms with Crippen LogP contribution >= 0.6 is 27.7 Å². The van der Waals surface area contributed by atoms with E-state index in [1.54, 1.807) is 19.3 Å². The van der Waals surface area contributed by atoms with Crippen molar-refractivity contribution in [2.75, 3.05) is 13.7 Å². The molecule has 5 nitrogen and oxygen atoms in total. The summed E-state index contributed by atoms with van der Waals surface area (Å²) in [6, 6.07) is 9.72. The van der Waals surface area contributed by atoms with E-state index < -0.39 is 0 Å². The second-order valence-electron chi connectivity index (χ2n) is 6.41. The average Bonchev–Trinajstić information content (AvgIpc) is 3.01. The van der Waals surface area contributed by atoms with Crippen molar-refractivity contribution in [3.63, 3.8) is 0 Å². The Kier molecular flexibility index (Phi) is 6.82. The molecular formula is C22H21BrN2O3S. The number of aliphatic imine (C=N–C) groups is 1. The topological polar surface area (TPSA) is 59.9 Å². The molecule has 3 rings (SSSR count). The van der Waals surface area contributed by atoms with Crippen LogP contribution in [0.15, 0.2) is 57.4 Å². The van der Waals surface area contributed by atoms with E-state index in [2.05, 4.69) is 38.9 Å². The van der Waals surface area contributed by atoms with Crippen LogP contribution in [0.4, 0.5) is 5.69 Å². The number of carbonyl (C=O) groups excluding carboxylic acids is 1. The summed E-state index contributed by atoms with van der Waals surface area (Å²) < 4.78 is 11.8. The number of nitrogens with zero attached hydrogens (tertiary/aromatic N) is 1. The number of benzene rings is 2. The largest absolute Gasteiger partial charge is 0.493 e. The molecule has 1 aliphatic heterocycles. The Labute approximate surface area is 183 Å². The standard InChI is InChI=1S/C22H21BrN2O3S/c1-5-8-28-20-16(23)10-15(11-18(20)27-4)12-19-21(26)25-22(29-19)24-17-7-6-13(2)9-14(17)3/h5-7,9-12H,1,8H2,2-4H3,(H,24,25,26)/b19-12+. The molecule has 7 heteroatoms. The van der Waals surface area contributed by atoms with Gasteiger partial charge in [0.1, 0.15) is 6.61 Å². The lowest BCUT2D eigenvalue weighted by atomic mass is 10.1. The minimum atomic E-state index is -0.180. The first-order chi connectivity index (χ1) is 13.9. The maximum atomic E-state index is 12.4. The lowest BCUT2D eigenvalue weighted by Crippen LogP contribution is -2.19. The molecule has 0 atom stereocenters. The third-order valence-electron chi connectivity index (χ3n) is 4.12. The molecule has 0 spiro atoms. The van der Waals surface area contributed by atoms with Crippen LogP contribution in [-0.2, 0) is 4.79 Å². The average molecular weight is 473 g/mol. The number of rotatable bonds is 6. The van der Waals surface area contributed by atoms with Gasteiger partial charge < -0.3 is 14.8 Å². The third kappa shape index (κ3) is 5.10. The fourth-order valence-electron chi connectivity index (χ4n) is 2.78. The molecule has 2 aromatic rings. The van der Waals surface area contributed by atoms with Crippen LogP contribution in [0.1, 0.15) is 16.7 Å². The normalized spacial score (nSPS) is 16.2. The minimum Gasteiger partial charge on any atom is -0.493 e. The van der Waals surface area contributed by atoms with Gasteiger partial charge in [-0.15, -0.1) is 0 Å². The highest BCUT2D eigenvalue weighted by atomic mass is 79.9. The van der Waals surface area contributed by atoms with Crippen LogP contribution in [0.5, 0.6) is 11.5 Å². The Morgan fingerprint density at radius 1 is 1.28 bits per heavy atom. The van der Waals surface area contributed by atoms with Crippen LogP contribution in [-0.4, -0.2) is 24.8 Å². The summed E-state index contributed by atoms with van der Waals surface area (Å²) in [7, 11) is 1.57. The van der Waals surface area contributed by atoms with Gasteiger partial charge in [0, 0.05) is 0 Å². The summed E-state index contributed by atoms with van der Waals surface area (Å²) in [5.41, 5.74) is 3.89. The SMILES string of the molecule is C=CCOc1c(Br)cc(/C=C2/SC(=Nc3ccc(C)cc3C)NC2=O)cc1OC. The van der Waals surface area contributed by atoms with Gasteiger partial charge in [-0.3, -0.25) is 4.79 Å². The lowest BCUT2D eigenvalue weighted by Gasteiger charge is -2.12. The van der Waals surface area contributed by atoms with E-state index in [0.29, 0.717) is 28.2 Å². The summed E-state index contributed by atoms with van der Waals surface area (Å²) >= 11 is 4.81. The number of amides is 1. The Morgan fingerprint density at radius 3 is 2.76 bits per heavy atom. The first-order valence-electron chi connectivity index (χ1n) is 8.89. The quantitative estimate of drug-likeness (QED) is 0.443. The second kappa shape index (κ2) is 9.33. The van der Waals surface area contributed by atoms with Gasteiger partial charge in [0.05, 0.1) is 22.2 Å². The summed E-state index contributed by atoms with van der Waals surface area (Å²) in [6.45, 7) is 8.06. The van der Waals surface area contributed by atoms with E-state index in [4.69, 9.17) is 9.47 Å². The van der Waals surface area contributed by atoms with Gasteiger partial charge >= 0.3 is 0 Å². The zero-order valence-corrected chi connectivity index (χ0v) is 18.8. The first-order valence-corrected chi connectivity index (χ1v) is 10.5. The van der Waals surface area contributed by atoms with Crippen molar-refractivity contribution in [2.45, 2.75) is 13.8 Å². The Bertz CT molecular complexity index is 1030.